The predicted octanol–water partition coefficient (Wildman–Crippen LogP) is 2.84. The smallest absolute Gasteiger partial charge is 0.343 e. The summed E-state index contributed by atoms with van der Waals surface area (Å²) >= 11 is 0. The summed E-state index contributed by atoms with van der Waals surface area (Å²) in [6.07, 6.45) is 2.59. The lowest BCUT2D eigenvalue weighted by Gasteiger charge is -2.21. The van der Waals surface area contributed by atoms with Crippen LogP contribution in [0.5, 0.6) is 5.75 Å². The summed E-state index contributed by atoms with van der Waals surface area (Å²) in [5.74, 6) is 0.290. The van der Waals surface area contributed by atoms with E-state index in [-0.39, 0.29) is 12.6 Å². The van der Waals surface area contributed by atoms with E-state index in [0.717, 1.165) is 5.69 Å². The minimum absolute atomic E-state index is 0.0578. The minimum atomic E-state index is -0.377. The van der Waals surface area contributed by atoms with Crippen LogP contribution in [0.3, 0.4) is 0 Å². The van der Waals surface area contributed by atoms with E-state index in [2.05, 4.69) is 23.9 Å². The molecule has 0 aromatic heterocycles. The molecule has 1 saturated carbocycles. The molecule has 0 saturated heterocycles. The zero-order valence-corrected chi connectivity index (χ0v) is 11.7. The van der Waals surface area contributed by atoms with Crippen LogP contribution in [0, 0.1) is 5.41 Å². The summed E-state index contributed by atoms with van der Waals surface area (Å²) in [4.78, 5) is 11.0. The largest absolute Gasteiger partial charge is 0.482 e. The summed E-state index contributed by atoms with van der Waals surface area (Å²) in [6.45, 7) is 4.46. The predicted molar refractivity (Wildman–Crippen MR) is 74.4 cm³/mol. The van der Waals surface area contributed by atoms with Crippen molar-refractivity contribution in [2.75, 3.05) is 19.0 Å². The summed E-state index contributed by atoms with van der Waals surface area (Å²) < 4.78 is 9.81. The molecule has 0 radical (unpaired) electrons. The van der Waals surface area contributed by atoms with E-state index >= 15 is 0 Å². The summed E-state index contributed by atoms with van der Waals surface area (Å²) in [7, 11) is 1.35. The highest BCUT2D eigenvalue weighted by molar-refractivity contribution is 5.70. The van der Waals surface area contributed by atoms with E-state index in [4.69, 9.17) is 4.74 Å². The van der Waals surface area contributed by atoms with Crippen LogP contribution in [0.1, 0.15) is 26.7 Å². The fourth-order valence-corrected chi connectivity index (χ4v) is 1.90. The maximum absolute atomic E-state index is 11.0. The first-order valence-electron chi connectivity index (χ1n) is 6.60. The zero-order valence-electron chi connectivity index (χ0n) is 11.7. The average molecular weight is 263 g/mol. The third kappa shape index (κ3) is 3.63. The van der Waals surface area contributed by atoms with Gasteiger partial charge in [-0.2, -0.15) is 0 Å². The van der Waals surface area contributed by atoms with Crippen molar-refractivity contribution in [2.24, 2.45) is 5.41 Å². The molecule has 1 aliphatic carbocycles. The highest BCUT2D eigenvalue weighted by atomic mass is 16.6. The van der Waals surface area contributed by atoms with Crippen molar-refractivity contribution in [1.82, 2.24) is 0 Å². The highest BCUT2D eigenvalue weighted by Crippen LogP contribution is 2.48. The number of rotatable bonds is 6. The lowest BCUT2D eigenvalue weighted by molar-refractivity contribution is -0.142. The summed E-state index contributed by atoms with van der Waals surface area (Å²) in [5, 5.41) is 3.50. The standard InChI is InChI=1S/C15H21NO3/c1-11(15(2)8-9-15)16-12-4-6-13(7-5-12)19-10-14(17)18-3/h4-7,11,16H,8-10H2,1-3H3. The Hall–Kier alpha value is -1.71. The molecule has 1 fully saturated rings. The first-order valence-corrected chi connectivity index (χ1v) is 6.60. The molecular weight excluding hydrogens is 242 g/mol. The fraction of sp³-hybridized carbons (Fsp3) is 0.533. The van der Waals surface area contributed by atoms with Gasteiger partial charge in [-0.1, -0.05) is 6.92 Å². The first kappa shape index (κ1) is 13.7. The number of methoxy groups -OCH3 is 1. The molecule has 1 aliphatic rings. The van der Waals surface area contributed by atoms with Gasteiger partial charge in [0.25, 0.3) is 0 Å². The minimum Gasteiger partial charge on any atom is -0.482 e. The van der Waals surface area contributed by atoms with E-state index in [0.29, 0.717) is 17.2 Å². The average Bonchev–Trinajstić information content (AvgIpc) is 3.17. The number of hydrogen-bond donors (Lipinski definition) is 1. The molecule has 0 amide bonds. The molecule has 4 heteroatoms. The van der Waals surface area contributed by atoms with E-state index in [1.165, 1.54) is 20.0 Å². The summed E-state index contributed by atoms with van der Waals surface area (Å²) in [6, 6.07) is 8.11. The Balaban J connectivity index is 1.85. The Kier molecular flexibility index (Phi) is 3.98. The molecule has 4 nitrogen and oxygen atoms in total. The Morgan fingerprint density at radius 1 is 1.37 bits per heavy atom. The number of hydrogen-bond acceptors (Lipinski definition) is 4. The van der Waals surface area contributed by atoms with Gasteiger partial charge in [0.2, 0.25) is 0 Å². The molecule has 1 unspecified atom stereocenters. The highest BCUT2D eigenvalue weighted by Gasteiger charge is 2.42. The molecule has 19 heavy (non-hydrogen) atoms. The first-order chi connectivity index (χ1) is 9.03. The van der Waals surface area contributed by atoms with Crippen molar-refractivity contribution in [2.45, 2.75) is 32.7 Å². The maximum Gasteiger partial charge on any atom is 0.343 e. The van der Waals surface area contributed by atoms with Crippen molar-refractivity contribution in [3.8, 4) is 5.75 Å². The van der Waals surface area contributed by atoms with Crippen LogP contribution in [-0.2, 0) is 9.53 Å². The van der Waals surface area contributed by atoms with Crippen LogP contribution in [0.15, 0.2) is 24.3 Å². The maximum atomic E-state index is 11.0. The van der Waals surface area contributed by atoms with Gasteiger partial charge in [0.1, 0.15) is 5.75 Å². The van der Waals surface area contributed by atoms with Crippen molar-refractivity contribution >= 4 is 11.7 Å². The molecule has 0 spiro atoms. The van der Waals surface area contributed by atoms with Gasteiger partial charge in [-0.3, -0.25) is 0 Å². The van der Waals surface area contributed by atoms with Crippen LogP contribution < -0.4 is 10.1 Å². The van der Waals surface area contributed by atoms with Gasteiger partial charge < -0.3 is 14.8 Å². The van der Waals surface area contributed by atoms with Gasteiger partial charge in [-0.05, 0) is 49.4 Å². The van der Waals surface area contributed by atoms with E-state index < -0.39 is 0 Å². The number of nitrogens with one attached hydrogen (secondary N) is 1. The van der Waals surface area contributed by atoms with Crippen LogP contribution in [0.2, 0.25) is 0 Å². The molecule has 1 atom stereocenters. The van der Waals surface area contributed by atoms with Crippen molar-refractivity contribution in [1.29, 1.82) is 0 Å². The van der Waals surface area contributed by atoms with Crippen LogP contribution >= 0.6 is 0 Å². The molecule has 1 aromatic carbocycles. The van der Waals surface area contributed by atoms with Gasteiger partial charge in [0.05, 0.1) is 7.11 Å². The number of benzene rings is 1. The number of esters is 1. The van der Waals surface area contributed by atoms with E-state index in [9.17, 15) is 4.79 Å². The number of carbonyl (C=O) groups excluding carboxylic acids is 1. The second kappa shape index (κ2) is 5.51. The van der Waals surface area contributed by atoms with Crippen LogP contribution in [0.25, 0.3) is 0 Å². The van der Waals surface area contributed by atoms with Gasteiger partial charge in [-0.15, -0.1) is 0 Å². The number of carbonyl (C=O) groups is 1. The van der Waals surface area contributed by atoms with Crippen molar-refractivity contribution in [3.05, 3.63) is 24.3 Å². The summed E-state index contributed by atoms with van der Waals surface area (Å²) in [5.41, 5.74) is 1.52. The third-order valence-corrected chi connectivity index (χ3v) is 3.91. The van der Waals surface area contributed by atoms with Crippen LogP contribution in [0.4, 0.5) is 5.69 Å². The van der Waals surface area contributed by atoms with Gasteiger partial charge >= 0.3 is 5.97 Å². The molecule has 1 aromatic rings. The van der Waals surface area contributed by atoms with Crippen molar-refractivity contribution in [3.63, 3.8) is 0 Å². The van der Waals surface area contributed by atoms with Crippen LogP contribution in [-0.4, -0.2) is 25.7 Å². The van der Waals surface area contributed by atoms with Crippen molar-refractivity contribution < 1.29 is 14.3 Å². The second-order valence-electron chi connectivity index (χ2n) is 5.41. The molecular formula is C15H21NO3. The molecule has 104 valence electrons. The van der Waals surface area contributed by atoms with E-state index in [1.54, 1.807) is 0 Å². The molecule has 0 aliphatic heterocycles. The van der Waals surface area contributed by atoms with Gasteiger partial charge in [0, 0.05) is 11.7 Å². The topological polar surface area (TPSA) is 47.6 Å². The lowest BCUT2D eigenvalue weighted by Crippen LogP contribution is -2.24. The Morgan fingerprint density at radius 2 is 2.00 bits per heavy atom. The van der Waals surface area contributed by atoms with Gasteiger partial charge in [-0.25, -0.2) is 4.79 Å². The van der Waals surface area contributed by atoms with E-state index in [1.807, 2.05) is 24.3 Å². The fourth-order valence-electron chi connectivity index (χ4n) is 1.90. The SMILES string of the molecule is COC(=O)COc1ccc(NC(C)C2(C)CC2)cc1. The number of ether oxygens (including phenoxy) is 2. The molecule has 2 rings (SSSR count). The monoisotopic (exact) mass is 263 g/mol. The second-order valence-corrected chi connectivity index (χ2v) is 5.41. The number of anilines is 1. The third-order valence-electron chi connectivity index (χ3n) is 3.91. The zero-order chi connectivity index (χ0) is 13.9. The Bertz CT molecular complexity index is 437. The molecule has 1 N–H and O–H groups in total. The molecule has 0 heterocycles. The Labute approximate surface area is 114 Å². The quantitative estimate of drug-likeness (QED) is 0.802. The lowest BCUT2D eigenvalue weighted by atomic mass is 10.0. The normalized spacial score (nSPS) is 17.4. The molecule has 0 bridgehead atoms. The van der Waals surface area contributed by atoms with Gasteiger partial charge in [0.15, 0.2) is 6.61 Å². The Morgan fingerprint density at radius 3 is 2.53 bits per heavy atom.